The van der Waals surface area contributed by atoms with Gasteiger partial charge in [-0.05, 0) is 24.1 Å². The Hall–Kier alpha value is -2.27. The van der Waals surface area contributed by atoms with Crippen molar-refractivity contribution in [2.45, 2.75) is 30.3 Å². The number of thioether (sulfide) groups is 1. The topological polar surface area (TPSA) is 46.9 Å². The monoisotopic (exact) mass is 339 g/mol. The van der Waals surface area contributed by atoms with Gasteiger partial charge in [-0.3, -0.25) is 4.79 Å². The second-order valence-corrected chi connectivity index (χ2v) is 6.83. The van der Waals surface area contributed by atoms with Gasteiger partial charge in [-0.15, -0.1) is 0 Å². The fourth-order valence-electron chi connectivity index (χ4n) is 2.58. The zero-order valence-corrected chi connectivity index (χ0v) is 14.7. The van der Waals surface area contributed by atoms with E-state index in [9.17, 15) is 4.79 Å². The number of aryl methyl sites for hydroxylation is 1. The highest BCUT2D eigenvalue weighted by Crippen LogP contribution is 2.27. The van der Waals surface area contributed by atoms with Crippen LogP contribution in [-0.4, -0.2) is 20.7 Å². The molecular weight excluding hydrogens is 318 g/mol. The molecule has 0 aliphatic carbocycles. The average Bonchev–Trinajstić information content (AvgIpc) is 2.94. The summed E-state index contributed by atoms with van der Waals surface area (Å²) in [6.45, 7) is 2.59. The lowest BCUT2D eigenvalue weighted by atomic mass is 10.2. The molecule has 0 fully saturated rings. The Bertz CT molecular complexity index is 829. The van der Waals surface area contributed by atoms with Crippen LogP contribution in [0.4, 0.5) is 0 Å². The van der Waals surface area contributed by atoms with Gasteiger partial charge in [0.2, 0.25) is 5.91 Å². The summed E-state index contributed by atoms with van der Waals surface area (Å²) in [6.07, 6.45) is 0.758. The number of nitrogens with zero attached hydrogens (tertiary/aromatic N) is 2. The maximum Gasteiger partial charge on any atom is 0.233 e. The summed E-state index contributed by atoms with van der Waals surface area (Å²) in [5, 5.41) is 3.75. The number of para-hydroxylation sites is 2. The van der Waals surface area contributed by atoms with Gasteiger partial charge >= 0.3 is 0 Å². The Morgan fingerprint density at radius 1 is 1.17 bits per heavy atom. The second kappa shape index (κ2) is 7.53. The van der Waals surface area contributed by atoms with Crippen LogP contribution in [0.1, 0.15) is 18.9 Å². The van der Waals surface area contributed by atoms with Gasteiger partial charge in [0.25, 0.3) is 0 Å². The van der Waals surface area contributed by atoms with E-state index in [1.54, 1.807) is 0 Å². The van der Waals surface area contributed by atoms with Crippen molar-refractivity contribution < 1.29 is 4.79 Å². The van der Waals surface area contributed by atoms with Crippen molar-refractivity contribution in [3.8, 4) is 0 Å². The molecule has 2 aromatic carbocycles. The van der Waals surface area contributed by atoms with Crippen LogP contribution in [0.15, 0.2) is 59.8 Å². The lowest BCUT2D eigenvalue weighted by Gasteiger charge is -2.14. The third-order valence-corrected chi connectivity index (χ3v) is 5.37. The van der Waals surface area contributed by atoms with Crippen molar-refractivity contribution in [2.24, 2.45) is 7.05 Å². The molecule has 0 bridgehead atoms. The van der Waals surface area contributed by atoms with E-state index in [2.05, 4.69) is 10.3 Å². The van der Waals surface area contributed by atoms with E-state index in [1.165, 1.54) is 11.8 Å². The summed E-state index contributed by atoms with van der Waals surface area (Å²) in [5.41, 5.74) is 3.15. The normalized spacial score (nSPS) is 12.2. The number of hydrogen-bond acceptors (Lipinski definition) is 3. The standard InChI is InChI=1S/C19H21N3OS/c1-3-17(18(23)20-13-14-9-5-4-6-10-14)24-19-21-15-11-7-8-12-16(15)22(19)2/h4-12,17H,3,13H2,1-2H3,(H,20,23). The Balaban J connectivity index is 1.69. The summed E-state index contributed by atoms with van der Waals surface area (Å²) >= 11 is 1.52. The van der Waals surface area contributed by atoms with Gasteiger partial charge in [0.15, 0.2) is 5.16 Å². The molecule has 0 aliphatic rings. The average molecular weight is 339 g/mol. The minimum absolute atomic E-state index is 0.0541. The summed E-state index contributed by atoms with van der Waals surface area (Å²) in [4.78, 5) is 17.2. The number of nitrogens with one attached hydrogen (secondary N) is 1. The molecule has 5 heteroatoms. The molecule has 1 N–H and O–H groups in total. The van der Waals surface area contributed by atoms with E-state index < -0.39 is 0 Å². The molecule has 3 rings (SSSR count). The molecule has 0 radical (unpaired) electrons. The van der Waals surface area contributed by atoms with Gasteiger partial charge in [-0.2, -0.15) is 0 Å². The Labute approximate surface area is 146 Å². The van der Waals surface area contributed by atoms with E-state index in [0.717, 1.165) is 28.2 Å². The highest BCUT2D eigenvalue weighted by Gasteiger charge is 2.20. The molecule has 0 saturated carbocycles. The van der Waals surface area contributed by atoms with Crippen molar-refractivity contribution in [2.75, 3.05) is 0 Å². The number of hydrogen-bond donors (Lipinski definition) is 1. The van der Waals surface area contributed by atoms with Gasteiger partial charge in [-0.1, -0.05) is 61.2 Å². The first-order chi connectivity index (χ1) is 11.7. The lowest BCUT2D eigenvalue weighted by Crippen LogP contribution is -2.32. The highest BCUT2D eigenvalue weighted by molar-refractivity contribution is 8.00. The molecular formula is C19H21N3OS. The maximum absolute atomic E-state index is 12.5. The van der Waals surface area contributed by atoms with Gasteiger partial charge < -0.3 is 9.88 Å². The second-order valence-electron chi connectivity index (χ2n) is 5.66. The van der Waals surface area contributed by atoms with Crippen LogP contribution in [0.25, 0.3) is 11.0 Å². The van der Waals surface area contributed by atoms with E-state index in [1.807, 2.05) is 73.1 Å². The fraction of sp³-hybridized carbons (Fsp3) is 0.263. The smallest absolute Gasteiger partial charge is 0.233 e. The molecule has 4 nitrogen and oxygen atoms in total. The first kappa shape index (κ1) is 16.6. The zero-order chi connectivity index (χ0) is 16.9. The number of aromatic nitrogens is 2. The van der Waals surface area contributed by atoms with E-state index in [4.69, 9.17) is 0 Å². The molecule has 124 valence electrons. The number of fused-ring (bicyclic) bond motifs is 1. The number of carbonyl (C=O) groups is 1. The van der Waals surface area contributed by atoms with Crippen LogP contribution in [0.5, 0.6) is 0 Å². The first-order valence-electron chi connectivity index (χ1n) is 8.08. The molecule has 0 aliphatic heterocycles. The molecule has 1 amide bonds. The summed E-state index contributed by atoms with van der Waals surface area (Å²) in [7, 11) is 1.99. The number of amides is 1. The molecule has 0 spiro atoms. The number of imidazole rings is 1. The minimum Gasteiger partial charge on any atom is -0.351 e. The van der Waals surface area contributed by atoms with Crippen LogP contribution in [-0.2, 0) is 18.4 Å². The van der Waals surface area contributed by atoms with Crippen molar-refractivity contribution in [3.05, 3.63) is 60.2 Å². The van der Waals surface area contributed by atoms with E-state index in [0.29, 0.717) is 6.54 Å². The highest BCUT2D eigenvalue weighted by atomic mass is 32.2. The van der Waals surface area contributed by atoms with Crippen LogP contribution < -0.4 is 5.32 Å². The predicted octanol–water partition coefficient (Wildman–Crippen LogP) is 3.76. The molecule has 1 atom stereocenters. The number of rotatable bonds is 6. The van der Waals surface area contributed by atoms with Crippen LogP contribution >= 0.6 is 11.8 Å². The molecule has 24 heavy (non-hydrogen) atoms. The van der Waals surface area contributed by atoms with E-state index in [-0.39, 0.29) is 11.2 Å². The van der Waals surface area contributed by atoms with Crippen molar-refractivity contribution in [1.82, 2.24) is 14.9 Å². The van der Waals surface area contributed by atoms with Crippen molar-refractivity contribution >= 4 is 28.7 Å². The van der Waals surface area contributed by atoms with Gasteiger partial charge in [0.05, 0.1) is 16.3 Å². The Kier molecular flexibility index (Phi) is 5.20. The first-order valence-corrected chi connectivity index (χ1v) is 8.96. The van der Waals surface area contributed by atoms with Crippen molar-refractivity contribution in [1.29, 1.82) is 0 Å². The maximum atomic E-state index is 12.5. The largest absolute Gasteiger partial charge is 0.351 e. The molecule has 1 heterocycles. The SMILES string of the molecule is CCC(Sc1nc2ccccc2n1C)C(=O)NCc1ccccc1. The summed E-state index contributed by atoms with van der Waals surface area (Å²) in [5.74, 6) is 0.0541. The summed E-state index contributed by atoms with van der Waals surface area (Å²) in [6, 6.07) is 18.0. The lowest BCUT2D eigenvalue weighted by molar-refractivity contribution is -0.120. The predicted molar refractivity (Wildman–Crippen MR) is 98.9 cm³/mol. The van der Waals surface area contributed by atoms with Gasteiger partial charge in [0, 0.05) is 13.6 Å². The summed E-state index contributed by atoms with van der Waals surface area (Å²) < 4.78 is 2.05. The molecule has 0 saturated heterocycles. The molecule has 1 unspecified atom stereocenters. The van der Waals surface area contributed by atoms with Gasteiger partial charge in [-0.25, -0.2) is 4.98 Å². The van der Waals surface area contributed by atoms with Crippen LogP contribution in [0.3, 0.4) is 0 Å². The van der Waals surface area contributed by atoms with Gasteiger partial charge in [0.1, 0.15) is 0 Å². The quantitative estimate of drug-likeness (QED) is 0.696. The minimum atomic E-state index is -0.149. The van der Waals surface area contributed by atoms with Crippen LogP contribution in [0.2, 0.25) is 0 Å². The molecule has 1 aromatic heterocycles. The van der Waals surface area contributed by atoms with Crippen molar-refractivity contribution in [3.63, 3.8) is 0 Å². The van der Waals surface area contributed by atoms with Crippen LogP contribution in [0, 0.1) is 0 Å². The van der Waals surface area contributed by atoms with E-state index >= 15 is 0 Å². The number of benzene rings is 2. The zero-order valence-electron chi connectivity index (χ0n) is 13.9. The Morgan fingerprint density at radius 3 is 2.58 bits per heavy atom. The third-order valence-electron chi connectivity index (χ3n) is 3.97. The third kappa shape index (κ3) is 3.62. The number of carbonyl (C=O) groups excluding carboxylic acids is 1. The Morgan fingerprint density at radius 2 is 1.88 bits per heavy atom. The molecule has 3 aromatic rings. The fourth-order valence-corrected chi connectivity index (χ4v) is 3.60.